The molecule has 1 saturated carbocycles. The number of carbonyl (C=O) groups excluding carboxylic acids is 4. The van der Waals surface area contributed by atoms with Crippen molar-refractivity contribution < 1.29 is 29.4 Å². The van der Waals surface area contributed by atoms with Crippen LogP contribution in [0.1, 0.15) is 28.4 Å². The number of aliphatic hydroxyl groups excluding tert-OH is 2. The number of aryl methyl sites for hydroxylation is 1. The van der Waals surface area contributed by atoms with E-state index in [0.717, 1.165) is 5.56 Å². The van der Waals surface area contributed by atoms with Crippen LogP contribution in [0.2, 0.25) is 0 Å². The van der Waals surface area contributed by atoms with E-state index in [1.165, 1.54) is 4.90 Å². The average molecular weight is 453 g/mol. The summed E-state index contributed by atoms with van der Waals surface area (Å²) in [5.74, 6) is -6.80. The topological polar surface area (TPSA) is 138 Å². The fraction of sp³-hybridized carbons (Fsp3) is 0.440. The Kier molecular flexibility index (Phi) is 5.31. The molecule has 4 N–H and O–H groups in total. The second-order valence-corrected chi connectivity index (χ2v) is 9.52. The Labute approximate surface area is 191 Å². The number of hydrogen-bond acceptors (Lipinski definition) is 7. The zero-order valence-corrected chi connectivity index (χ0v) is 19.1. The molecule has 0 aliphatic heterocycles. The van der Waals surface area contributed by atoms with Gasteiger partial charge in [0, 0.05) is 23.0 Å². The molecule has 0 spiro atoms. The lowest BCUT2D eigenvalue weighted by Gasteiger charge is -2.56. The number of likely N-dealkylation sites (N-methyl/N-ethyl adjacent to an activating group) is 1. The molecule has 0 saturated heterocycles. The first-order valence-corrected chi connectivity index (χ1v) is 10.8. The van der Waals surface area contributed by atoms with Crippen molar-refractivity contribution in [2.45, 2.75) is 26.0 Å². The maximum atomic E-state index is 13.7. The van der Waals surface area contributed by atoms with Crippen LogP contribution in [0.3, 0.4) is 0 Å². The highest BCUT2D eigenvalue weighted by atomic mass is 16.3. The summed E-state index contributed by atoms with van der Waals surface area (Å²) in [6.45, 7) is 6.74. The maximum absolute atomic E-state index is 13.7. The van der Waals surface area contributed by atoms with Crippen molar-refractivity contribution in [2.24, 2.45) is 28.9 Å². The third kappa shape index (κ3) is 2.74. The lowest BCUT2D eigenvalue weighted by atomic mass is 9.48. The van der Waals surface area contributed by atoms with Gasteiger partial charge in [0.25, 0.3) is 0 Å². The molecule has 174 valence electrons. The number of Topliss-reactive ketones (excluding diaryl/α,β-unsaturated/α-hetero) is 3. The Morgan fingerprint density at radius 2 is 1.85 bits per heavy atom. The number of carbonyl (C=O) groups is 4. The summed E-state index contributed by atoms with van der Waals surface area (Å²) in [5, 5.41) is 22.3. The SMILES string of the molecule is C=C1c2cccc(C)c2C(=O)C2=C(C)C3(CO)C(=O)C(C(N)=O)C(=O)[C@@H](N(C)C)[C@@H]3[C@@H](O)[C@H]12. The van der Waals surface area contributed by atoms with Crippen molar-refractivity contribution >= 4 is 28.8 Å². The summed E-state index contributed by atoms with van der Waals surface area (Å²) < 4.78 is 0. The molecular weight excluding hydrogens is 424 g/mol. The van der Waals surface area contributed by atoms with Crippen LogP contribution in [0.25, 0.3) is 5.57 Å². The lowest BCUT2D eigenvalue weighted by Crippen LogP contribution is -2.70. The second-order valence-electron chi connectivity index (χ2n) is 9.52. The quantitative estimate of drug-likeness (QED) is 0.561. The summed E-state index contributed by atoms with van der Waals surface area (Å²) in [6.07, 6.45) is -1.38. The smallest absolute Gasteiger partial charge is 0.235 e. The molecule has 8 nitrogen and oxygen atoms in total. The third-order valence-corrected chi connectivity index (χ3v) is 7.84. The van der Waals surface area contributed by atoms with E-state index >= 15 is 0 Å². The molecule has 0 aromatic heterocycles. The minimum absolute atomic E-state index is 0.183. The van der Waals surface area contributed by atoms with Gasteiger partial charge in [0.05, 0.1) is 24.2 Å². The van der Waals surface area contributed by atoms with Crippen molar-refractivity contribution in [3.05, 3.63) is 52.6 Å². The number of amides is 1. The van der Waals surface area contributed by atoms with Gasteiger partial charge in [0.15, 0.2) is 23.3 Å². The van der Waals surface area contributed by atoms with Crippen LogP contribution in [0.4, 0.5) is 0 Å². The summed E-state index contributed by atoms with van der Waals surface area (Å²) in [7, 11) is 3.19. The Hall–Kier alpha value is -2.94. The molecule has 0 radical (unpaired) electrons. The highest BCUT2D eigenvalue weighted by molar-refractivity contribution is 6.25. The van der Waals surface area contributed by atoms with E-state index in [-0.39, 0.29) is 16.9 Å². The van der Waals surface area contributed by atoms with Crippen LogP contribution >= 0.6 is 0 Å². The maximum Gasteiger partial charge on any atom is 0.235 e. The van der Waals surface area contributed by atoms with Gasteiger partial charge in [0.2, 0.25) is 5.91 Å². The monoisotopic (exact) mass is 452 g/mol. The minimum atomic E-state index is -1.82. The summed E-state index contributed by atoms with van der Waals surface area (Å²) in [4.78, 5) is 54.4. The number of hydrogen-bond donors (Lipinski definition) is 3. The molecule has 8 heteroatoms. The number of nitrogens with two attached hydrogens (primary N) is 1. The van der Waals surface area contributed by atoms with Gasteiger partial charge in [-0.15, -0.1) is 0 Å². The van der Waals surface area contributed by atoms with Gasteiger partial charge in [-0.2, -0.15) is 0 Å². The molecule has 3 aliphatic rings. The molecule has 4 rings (SSSR count). The fourth-order valence-electron chi connectivity index (χ4n) is 6.31. The van der Waals surface area contributed by atoms with Gasteiger partial charge in [-0.25, -0.2) is 0 Å². The number of benzene rings is 1. The third-order valence-electron chi connectivity index (χ3n) is 7.84. The predicted molar refractivity (Wildman–Crippen MR) is 120 cm³/mol. The van der Waals surface area contributed by atoms with Crippen LogP contribution in [-0.2, 0) is 14.4 Å². The van der Waals surface area contributed by atoms with Gasteiger partial charge in [-0.05, 0) is 50.2 Å². The number of ketones is 3. The first-order chi connectivity index (χ1) is 15.4. The van der Waals surface area contributed by atoms with E-state index in [0.29, 0.717) is 16.7 Å². The largest absolute Gasteiger partial charge is 0.395 e. The van der Waals surface area contributed by atoms with Crippen LogP contribution in [0.5, 0.6) is 0 Å². The molecule has 6 atom stereocenters. The summed E-state index contributed by atoms with van der Waals surface area (Å²) >= 11 is 0. The Morgan fingerprint density at radius 3 is 2.39 bits per heavy atom. The van der Waals surface area contributed by atoms with Crippen molar-refractivity contribution in [3.63, 3.8) is 0 Å². The second kappa shape index (κ2) is 7.55. The van der Waals surface area contributed by atoms with Crippen LogP contribution in [-0.4, -0.2) is 71.2 Å². The van der Waals surface area contributed by atoms with Crippen molar-refractivity contribution in [1.82, 2.24) is 4.90 Å². The van der Waals surface area contributed by atoms with E-state index < -0.39 is 59.4 Å². The number of rotatable bonds is 3. The van der Waals surface area contributed by atoms with Crippen molar-refractivity contribution in [1.29, 1.82) is 0 Å². The van der Waals surface area contributed by atoms with E-state index in [1.54, 1.807) is 46.1 Å². The Bertz CT molecular complexity index is 1170. The molecule has 1 fully saturated rings. The highest BCUT2D eigenvalue weighted by Crippen LogP contribution is 2.58. The van der Waals surface area contributed by atoms with Crippen molar-refractivity contribution in [2.75, 3.05) is 20.7 Å². The van der Waals surface area contributed by atoms with E-state index in [9.17, 15) is 29.4 Å². The van der Waals surface area contributed by atoms with Gasteiger partial charge in [0.1, 0.15) is 0 Å². The standard InChI is InChI=1S/C25H28N2O6/c1-10-7-6-8-13-11(2)15-16(20(29)14(10)13)12(3)25(9-28)18(21(15)30)19(27(4)5)22(31)17(23(25)32)24(26)33/h6-8,15,17-19,21,28,30H,2,9H2,1,3-5H3,(H2,26,33)/t15-,17?,18-,19+,21+,25?/m1/s1. The fourth-order valence-corrected chi connectivity index (χ4v) is 6.31. The number of fused-ring (bicyclic) bond motifs is 3. The van der Waals surface area contributed by atoms with Crippen LogP contribution < -0.4 is 5.73 Å². The molecule has 1 aromatic carbocycles. The number of nitrogens with zero attached hydrogens (tertiary/aromatic N) is 1. The highest BCUT2D eigenvalue weighted by Gasteiger charge is 2.67. The van der Waals surface area contributed by atoms with Crippen LogP contribution in [0, 0.1) is 30.1 Å². The lowest BCUT2D eigenvalue weighted by molar-refractivity contribution is -0.165. The van der Waals surface area contributed by atoms with Gasteiger partial charge < -0.3 is 15.9 Å². The zero-order chi connectivity index (χ0) is 24.6. The molecule has 1 aromatic rings. The summed E-state index contributed by atoms with van der Waals surface area (Å²) in [6, 6.07) is 4.27. The first-order valence-electron chi connectivity index (χ1n) is 10.8. The molecule has 0 bridgehead atoms. The minimum Gasteiger partial charge on any atom is -0.395 e. The van der Waals surface area contributed by atoms with E-state index in [1.807, 2.05) is 0 Å². The van der Waals surface area contributed by atoms with E-state index in [2.05, 4.69) is 6.58 Å². The van der Waals surface area contributed by atoms with Gasteiger partial charge in [-0.1, -0.05) is 24.8 Å². The zero-order valence-electron chi connectivity index (χ0n) is 19.1. The average Bonchev–Trinajstić information content (AvgIpc) is 2.73. The van der Waals surface area contributed by atoms with Crippen molar-refractivity contribution in [3.8, 4) is 0 Å². The van der Waals surface area contributed by atoms with Gasteiger partial charge in [-0.3, -0.25) is 24.1 Å². The van der Waals surface area contributed by atoms with Crippen LogP contribution in [0.15, 0.2) is 35.9 Å². The molecule has 1 amide bonds. The first kappa shape index (κ1) is 23.2. The Balaban J connectivity index is 2.09. The predicted octanol–water partition coefficient (Wildman–Crippen LogP) is 0.290. The number of aliphatic hydroxyl groups is 2. The molecule has 2 unspecified atom stereocenters. The van der Waals surface area contributed by atoms with Gasteiger partial charge >= 0.3 is 0 Å². The number of primary amides is 1. The molecule has 3 aliphatic carbocycles. The Morgan fingerprint density at radius 1 is 1.21 bits per heavy atom. The molecule has 0 heterocycles. The van der Waals surface area contributed by atoms with E-state index in [4.69, 9.17) is 5.73 Å². The summed E-state index contributed by atoms with van der Waals surface area (Å²) in [5.41, 5.74) is 6.34. The normalized spacial score (nSPS) is 33.7. The molecule has 33 heavy (non-hydrogen) atoms. The molecular formula is C25H28N2O6.